The summed E-state index contributed by atoms with van der Waals surface area (Å²) < 4.78 is 56.1. The first-order valence-corrected chi connectivity index (χ1v) is 36.3. The average Bonchev–Trinajstić information content (AvgIpc) is 0.796. The third-order valence-electron chi connectivity index (χ3n) is 19.7. The molecular weight excluding hydrogens is 1280 g/mol. The maximum atomic E-state index is 7.57. The van der Waals surface area contributed by atoms with Crippen LogP contribution in [0.15, 0.2) is 328 Å². The maximum absolute atomic E-state index is 7.57. The maximum Gasteiger partial charge on any atom is 0.213 e. The van der Waals surface area contributed by atoms with Gasteiger partial charge in [0, 0.05) is 94.7 Å². The van der Waals surface area contributed by atoms with Crippen LogP contribution in [-0.4, -0.2) is 0 Å². The molecule has 0 atom stereocenters. The molecule has 0 spiro atoms. The van der Waals surface area contributed by atoms with E-state index in [2.05, 4.69) is 348 Å². The van der Waals surface area contributed by atoms with Gasteiger partial charge in [-0.2, -0.15) is 0 Å². The Morgan fingerprint density at radius 1 is 0.189 bits per heavy atom. The summed E-state index contributed by atoms with van der Waals surface area (Å²) in [5, 5.41) is 0. The van der Waals surface area contributed by atoms with Gasteiger partial charge in [0.1, 0.15) is 35.2 Å². The van der Waals surface area contributed by atoms with Gasteiger partial charge in [-0.1, -0.05) is 241 Å². The predicted molar refractivity (Wildman–Crippen MR) is 445 cm³/mol. The molecule has 0 radical (unpaired) electrons. The van der Waals surface area contributed by atoms with E-state index in [9.17, 15) is 0 Å². The molecule has 0 saturated heterocycles. The summed E-state index contributed by atoms with van der Waals surface area (Å²) in [5.74, 6) is 0. The van der Waals surface area contributed by atoms with Gasteiger partial charge in [0.15, 0.2) is 31.0 Å². The van der Waals surface area contributed by atoms with E-state index in [1.54, 1.807) is 24.3 Å². The highest BCUT2D eigenvalue weighted by atomic mass is 14.9. The second kappa shape index (κ2) is 35.0. The molecule has 0 amide bonds. The zero-order chi connectivity index (χ0) is 80.0. The van der Waals surface area contributed by atoms with Crippen molar-refractivity contribution in [2.24, 2.45) is 35.2 Å². The van der Waals surface area contributed by atoms with Gasteiger partial charge in [-0.05, 0) is 190 Å². The van der Waals surface area contributed by atoms with Crippen molar-refractivity contribution in [3.63, 3.8) is 0 Å². The second-order valence-electron chi connectivity index (χ2n) is 27.8. The molecular formula is C101H102N5+5. The number of aryl methyl sites for hydroxylation is 16. The van der Waals surface area contributed by atoms with Crippen molar-refractivity contribution < 1.29 is 31.1 Å². The molecule has 0 N–H and O–H groups in total. The zero-order valence-electron chi connectivity index (χ0n) is 69.9. The molecule has 0 unspecified atom stereocenters. The minimum atomic E-state index is -2.07. The zero-order valence-corrected chi connectivity index (χ0v) is 63.9. The van der Waals surface area contributed by atoms with Crippen LogP contribution in [0.1, 0.15) is 69.4 Å². The Morgan fingerprint density at radius 2 is 0.481 bits per heavy atom. The van der Waals surface area contributed by atoms with E-state index in [1.165, 1.54) is 123 Å². The van der Waals surface area contributed by atoms with E-state index in [0.29, 0.717) is 11.1 Å². The largest absolute Gasteiger partial charge is 0.213 e. The van der Waals surface area contributed by atoms with E-state index in [0.717, 1.165) is 39.2 Å². The highest BCUT2D eigenvalue weighted by Gasteiger charge is 2.21. The number of hydrogen-bond donors (Lipinski definition) is 0. The molecule has 10 aromatic carbocycles. The lowest BCUT2D eigenvalue weighted by molar-refractivity contribution is -0.660. The fourth-order valence-corrected chi connectivity index (χ4v) is 13.9. The fraction of sp³-hybridized carbons (Fsp3) is 0.158. The smallest absolute Gasteiger partial charge is 0.201 e. The highest BCUT2D eigenvalue weighted by molar-refractivity contribution is 5.74. The first-order valence-electron chi connectivity index (χ1n) is 39.3. The lowest BCUT2D eigenvalue weighted by atomic mass is 9.97. The number of nitrogens with zero attached hydrogens (tertiary/aromatic N) is 5. The molecule has 0 aliphatic carbocycles. The molecule has 5 heteroatoms. The summed E-state index contributed by atoms with van der Waals surface area (Å²) >= 11 is 0. The highest BCUT2D eigenvalue weighted by Crippen LogP contribution is 2.33. The Kier molecular flexibility index (Phi) is 22.1. The Hall–Kier alpha value is -12.1. The van der Waals surface area contributed by atoms with Gasteiger partial charge in [0.25, 0.3) is 0 Å². The van der Waals surface area contributed by atoms with Gasteiger partial charge in [0.05, 0.1) is 0 Å². The van der Waals surface area contributed by atoms with Gasteiger partial charge in [0.2, 0.25) is 28.5 Å². The van der Waals surface area contributed by atoms with Crippen LogP contribution in [0.25, 0.3) is 112 Å². The van der Waals surface area contributed by atoms with Crippen LogP contribution in [0.4, 0.5) is 0 Å². The topological polar surface area (TPSA) is 19.4 Å². The van der Waals surface area contributed by atoms with Crippen molar-refractivity contribution in [1.82, 2.24) is 0 Å². The molecule has 5 aromatic heterocycles. The molecule has 526 valence electrons. The van der Waals surface area contributed by atoms with Gasteiger partial charge >= 0.3 is 0 Å². The number of rotatable bonds is 10. The average molecular weight is 1390 g/mol. The Morgan fingerprint density at radius 3 is 0.840 bits per heavy atom. The molecule has 0 aliphatic heterocycles. The van der Waals surface area contributed by atoms with Gasteiger partial charge < -0.3 is 0 Å². The lowest BCUT2D eigenvalue weighted by Gasteiger charge is -2.10. The molecule has 5 heterocycles. The van der Waals surface area contributed by atoms with Crippen LogP contribution >= 0.6 is 0 Å². The summed E-state index contributed by atoms with van der Waals surface area (Å²) in [6.45, 7) is 14.9. The van der Waals surface area contributed by atoms with Crippen LogP contribution in [0.5, 0.6) is 0 Å². The Labute approximate surface area is 640 Å². The van der Waals surface area contributed by atoms with Crippen LogP contribution in [0.3, 0.4) is 0 Å². The molecule has 15 aromatic rings. The molecule has 15 rings (SSSR count). The van der Waals surface area contributed by atoms with E-state index < -0.39 is 13.7 Å². The van der Waals surface area contributed by atoms with Crippen LogP contribution in [0.2, 0.25) is 0 Å². The molecule has 0 bridgehead atoms. The minimum absolute atomic E-state index is 0.382. The van der Waals surface area contributed by atoms with E-state index in [1.807, 2.05) is 76.5 Å². The second-order valence-corrected chi connectivity index (χ2v) is 27.8. The fourth-order valence-electron chi connectivity index (χ4n) is 13.9. The standard InChI is InChI=1S/2C21H22N.2C20H20N.C19H18N/c2*1-15-10-11-19(16(2)12-15)21-13-17(3)20(14-22(21)4)18-8-6-5-7-9-18;1-15-9-7-8-12-18(15)20-13-16(2)19(14-21(20)3)17-10-5-4-6-11-17;1-15-9-11-19(16(2)13-15)20-12-10-18(14-21(20)3)17-7-5-4-6-8-17;1-15-8-6-7-11-18(15)19-14-17(12-13-20(19)2)16-9-4-3-5-10-16/h2*5-14H,1-4H3;2*4-14H,1-3H3;3-14H,1-2H3/q5*+1/i1D3;;;1D3;. The Bertz CT molecular complexity index is 5760. The normalized spacial score (nSPS) is 11.7. The van der Waals surface area contributed by atoms with Crippen LogP contribution in [0, 0.1) is 76.0 Å². The molecule has 106 heavy (non-hydrogen) atoms. The predicted octanol–water partition coefficient (Wildman–Crippen LogP) is 22.6. The van der Waals surface area contributed by atoms with Crippen molar-refractivity contribution in [2.75, 3.05) is 0 Å². The number of aromatic nitrogens is 5. The van der Waals surface area contributed by atoms with Crippen molar-refractivity contribution in [3.05, 3.63) is 389 Å². The summed E-state index contributed by atoms with van der Waals surface area (Å²) in [6, 6.07) is 102. The first-order chi connectivity index (χ1) is 53.6. The van der Waals surface area contributed by atoms with Crippen LogP contribution < -0.4 is 22.8 Å². The molecule has 0 fully saturated rings. The van der Waals surface area contributed by atoms with Gasteiger partial charge in [-0.15, -0.1) is 0 Å². The van der Waals surface area contributed by atoms with Crippen molar-refractivity contribution in [2.45, 2.75) is 76.0 Å². The number of hydrogen-bond acceptors (Lipinski definition) is 0. The van der Waals surface area contributed by atoms with E-state index in [-0.39, 0.29) is 0 Å². The molecule has 5 nitrogen and oxygen atoms in total. The van der Waals surface area contributed by atoms with Crippen molar-refractivity contribution >= 4 is 0 Å². The SMILES string of the molecule is Cc1cc(-c2ccccc2C)[n+](C)cc1-c1ccccc1.Cc1ccc(-c2cc(C)c(-c3ccccc3)c[n+]2C)c(C)c1.Cc1ccccc1-c1cc(-c2ccccc2)cc[n+]1C.[2H]C([2H])([2H])c1ccc(-c2cc(C)c(-c3ccccc3)c[n+]2C)c(C)c1.[2H]C([2H])([2H])c1ccc(-c2ccc(-c3ccccc3)c[n+]2C)c(C)c1. The van der Waals surface area contributed by atoms with E-state index in [4.69, 9.17) is 8.22 Å². The quantitative estimate of drug-likeness (QED) is 0.122. The van der Waals surface area contributed by atoms with Gasteiger partial charge in [-0.25, -0.2) is 22.8 Å². The number of pyridine rings is 5. The van der Waals surface area contributed by atoms with Gasteiger partial charge in [-0.3, -0.25) is 0 Å². The molecule has 0 saturated carbocycles. The van der Waals surface area contributed by atoms with E-state index >= 15 is 0 Å². The van der Waals surface area contributed by atoms with Crippen LogP contribution in [-0.2, 0) is 35.2 Å². The summed E-state index contributed by atoms with van der Waals surface area (Å²) in [5.41, 5.74) is 35.9. The molecule has 0 aliphatic rings. The Balaban J connectivity index is 0.000000139. The third-order valence-corrected chi connectivity index (χ3v) is 19.7. The summed E-state index contributed by atoms with van der Waals surface area (Å²) in [4.78, 5) is 0. The van der Waals surface area contributed by atoms with Crippen molar-refractivity contribution in [3.8, 4) is 112 Å². The first kappa shape index (κ1) is 67.1. The number of benzene rings is 10. The third kappa shape index (κ3) is 18.5. The monoisotopic (exact) mass is 1390 g/mol. The summed E-state index contributed by atoms with van der Waals surface area (Å²) in [6.07, 6.45) is 10.8. The lowest BCUT2D eigenvalue weighted by Crippen LogP contribution is -2.31. The minimum Gasteiger partial charge on any atom is -0.201 e. The van der Waals surface area contributed by atoms with Crippen molar-refractivity contribution in [1.29, 1.82) is 0 Å². The summed E-state index contributed by atoms with van der Waals surface area (Å²) in [7, 11) is 10.4.